The van der Waals surface area contributed by atoms with Crippen LogP contribution in [0.4, 0.5) is 0 Å². The lowest BCUT2D eigenvalue weighted by atomic mass is 9.86. The molecule has 0 amide bonds. The van der Waals surface area contributed by atoms with Crippen LogP contribution in [0.15, 0.2) is 36.2 Å². The molecule has 1 heterocycles. The van der Waals surface area contributed by atoms with Gasteiger partial charge in [0.2, 0.25) is 0 Å². The van der Waals surface area contributed by atoms with Crippen LogP contribution in [0.3, 0.4) is 0 Å². The third-order valence-electron chi connectivity index (χ3n) is 3.35. The minimum atomic E-state index is 0.0464. The van der Waals surface area contributed by atoms with Crippen molar-refractivity contribution in [1.82, 2.24) is 9.78 Å². The highest BCUT2D eigenvalue weighted by atomic mass is 16.3. The Kier molecular flexibility index (Phi) is 2.71. The average Bonchev–Trinajstić information content (AvgIpc) is 2.78. The Morgan fingerprint density at radius 3 is 2.95 bits per heavy atom. The molecule has 3 rings (SSSR count). The van der Waals surface area contributed by atoms with Crippen molar-refractivity contribution in [1.29, 1.82) is 0 Å². The SMILES string of the molecule is Cn1cc(/C=C2\CCc3cc(O)ccc3C2=O)cn1. The van der Waals surface area contributed by atoms with Gasteiger partial charge in [0.15, 0.2) is 5.78 Å². The Morgan fingerprint density at radius 1 is 1.37 bits per heavy atom. The number of carbonyl (C=O) groups is 1. The lowest BCUT2D eigenvalue weighted by Gasteiger charge is -2.17. The Bertz CT molecular complexity index is 683. The molecule has 1 N–H and O–H groups in total. The monoisotopic (exact) mass is 254 g/mol. The van der Waals surface area contributed by atoms with E-state index in [1.807, 2.05) is 19.3 Å². The van der Waals surface area contributed by atoms with Crippen LogP contribution < -0.4 is 0 Å². The molecular formula is C15H14N2O2. The maximum absolute atomic E-state index is 12.4. The number of benzene rings is 1. The zero-order valence-corrected chi connectivity index (χ0v) is 10.6. The number of hydrogen-bond donors (Lipinski definition) is 1. The summed E-state index contributed by atoms with van der Waals surface area (Å²) in [6, 6.07) is 4.93. The van der Waals surface area contributed by atoms with Gasteiger partial charge >= 0.3 is 0 Å². The largest absolute Gasteiger partial charge is 0.508 e. The van der Waals surface area contributed by atoms with Crippen LogP contribution in [-0.4, -0.2) is 20.7 Å². The van der Waals surface area contributed by atoms with E-state index in [9.17, 15) is 9.90 Å². The molecule has 0 fully saturated rings. The molecule has 0 spiro atoms. The van der Waals surface area contributed by atoms with E-state index in [4.69, 9.17) is 0 Å². The normalized spacial score (nSPS) is 16.7. The van der Waals surface area contributed by atoms with Crippen molar-refractivity contribution in [2.75, 3.05) is 0 Å². The molecule has 1 aromatic carbocycles. The van der Waals surface area contributed by atoms with Gasteiger partial charge in [0, 0.05) is 29.9 Å². The van der Waals surface area contributed by atoms with E-state index in [0.29, 0.717) is 12.0 Å². The second-order valence-electron chi connectivity index (χ2n) is 4.79. The molecule has 19 heavy (non-hydrogen) atoms. The molecule has 0 atom stereocenters. The van der Waals surface area contributed by atoms with Crippen molar-refractivity contribution in [3.63, 3.8) is 0 Å². The van der Waals surface area contributed by atoms with E-state index < -0.39 is 0 Å². The number of nitrogens with zero attached hydrogens (tertiary/aromatic N) is 2. The second-order valence-corrected chi connectivity index (χ2v) is 4.79. The molecule has 1 aliphatic carbocycles. The number of Topliss-reactive ketones (excluding diaryl/α,β-unsaturated/α-hetero) is 1. The number of fused-ring (bicyclic) bond motifs is 1. The van der Waals surface area contributed by atoms with Gasteiger partial charge in [-0.2, -0.15) is 5.10 Å². The van der Waals surface area contributed by atoms with E-state index >= 15 is 0 Å². The number of aryl methyl sites for hydroxylation is 2. The quantitative estimate of drug-likeness (QED) is 0.795. The van der Waals surface area contributed by atoms with Crippen LogP contribution in [0.1, 0.15) is 27.9 Å². The molecular weight excluding hydrogens is 240 g/mol. The maximum Gasteiger partial charge on any atom is 0.189 e. The number of rotatable bonds is 1. The lowest BCUT2D eigenvalue weighted by Crippen LogP contribution is -2.13. The minimum absolute atomic E-state index is 0.0464. The van der Waals surface area contributed by atoms with E-state index in [-0.39, 0.29) is 11.5 Å². The van der Waals surface area contributed by atoms with E-state index in [1.54, 1.807) is 29.1 Å². The standard InChI is InChI=1S/C15H14N2O2/c1-17-9-10(8-16-17)6-12-3-2-11-7-13(18)4-5-14(11)15(12)19/h4-9,18H,2-3H2,1H3/b12-6+. The predicted octanol–water partition coefficient (Wildman–Crippen LogP) is 2.34. The lowest BCUT2D eigenvalue weighted by molar-refractivity contribution is 0.102. The van der Waals surface area contributed by atoms with Gasteiger partial charge in [-0.05, 0) is 42.7 Å². The topological polar surface area (TPSA) is 55.1 Å². The smallest absolute Gasteiger partial charge is 0.189 e. The predicted molar refractivity (Wildman–Crippen MR) is 71.9 cm³/mol. The number of carbonyl (C=O) groups excluding carboxylic acids is 1. The first-order valence-electron chi connectivity index (χ1n) is 6.19. The van der Waals surface area contributed by atoms with Gasteiger partial charge in [0.05, 0.1) is 6.20 Å². The van der Waals surface area contributed by atoms with E-state index in [2.05, 4.69) is 5.10 Å². The minimum Gasteiger partial charge on any atom is -0.508 e. The van der Waals surface area contributed by atoms with Crippen molar-refractivity contribution in [3.05, 3.63) is 52.9 Å². The third kappa shape index (κ3) is 2.17. The molecule has 4 heteroatoms. The molecule has 0 radical (unpaired) electrons. The van der Waals surface area contributed by atoms with Gasteiger partial charge in [-0.3, -0.25) is 9.48 Å². The van der Waals surface area contributed by atoms with Gasteiger partial charge in [0.1, 0.15) is 5.75 Å². The fraction of sp³-hybridized carbons (Fsp3) is 0.200. The summed E-state index contributed by atoms with van der Waals surface area (Å²) < 4.78 is 1.71. The average molecular weight is 254 g/mol. The van der Waals surface area contributed by atoms with Gasteiger partial charge < -0.3 is 5.11 Å². The van der Waals surface area contributed by atoms with Gasteiger partial charge in [-0.15, -0.1) is 0 Å². The van der Waals surface area contributed by atoms with Crippen LogP contribution in [-0.2, 0) is 13.5 Å². The molecule has 0 unspecified atom stereocenters. The highest BCUT2D eigenvalue weighted by molar-refractivity contribution is 6.13. The fourth-order valence-electron chi connectivity index (χ4n) is 2.42. The van der Waals surface area contributed by atoms with E-state index in [1.165, 1.54) is 0 Å². The number of aromatic nitrogens is 2. The first-order valence-corrected chi connectivity index (χ1v) is 6.19. The van der Waals surface area contributed by atoms with Crippen LogP contribution in [0, 0.1) is 0 Å². The number of phenolic OH excluding ortho intramolecular Hbond substituents is 1. The Hall–Kier alpha value is -2.36. The third-order valence-corrected chi connectivity index (χ3v) is 3.35. The summed E-state index contributed by atoms with van der Waals surface area (Å²) >= 11 is 0. The summed E-state index contributed by atoms with van der Waals surface area (Å²) in [6.45, 7) is 0. The number of ketones is 1. The summed E-state index contributed by atoms with van der Waals surface area (Å²) in [4.78, 5) is 12.4. The number of allylic oxidation sites excluding steroid dienone is 1. The summed E-state index contributed by atoms with van der Waals surface area (Å²) in [5, 5.41) is 13.5. The van der Waals surface area contributed by atoms with Gasteiger partial charge in [-0.25, -0.2) is 0 Å². The molecule has 1 aliphatic rings. The zero-order valence-electron chi connectivity index (χ0n) is 10.6. The van der Waals surface area contributed by atoms with Crippen molar-refractivity contribution < 1.29 is 9.90 Å². The van der Waals surface area contributed by atoms with Gasteiger partial charge in [-0.1, -0.05) is 0 Å². The Balaban J connectivity index is 1.97. The molecule has 0 saturated carbocycles. The molecule has 0 bridgehead atoms. The molecule has 2 aromatic rings. The Morgan fingerprint density at radius 2 is 2.21 bits per heavy atom. The van der Waals surface area contributed by atoms with Crippen LogP contribution in [0.25, 0.3) is 6.08 Å². The number of hydrogen-bond acceptors (Lipinski definition) is 3. The van der Waals surface area contributed by atoms with E-state index in [0.717, 1.165) is 23.1 Å². The summed E-state index contributed by atoms with van der Waals surface area (Å²) in [5.41, 5.74) is 3.35. The maximum atomic E-state index is 12.4. The molecule has 96 valence electrons. The fourth-order valence-corrected chi connectivity index (χ4v) is 2.42. The summed E-state index contributed by atoms with van der Waals surface area (Å²) in [7, 11) is 1.85. The zero-order chi connectivity index (χ0) is 13.4. The van der Waals surface area contributed by atoms with Crippen molar-refractivity contribution in [2.45, 2.75) is 12.8 Å². The summed E-state index contributed by atoms with van der Waals surface area (Å²) in [5.74, 6) is 0.261. The molecule has 1 aromatic heterocycles. The van der Waals surface area contributed by atoms with Crippen LogP contribution in [0.5, 0.6) is 5.75 Å². The first-order chi connectivity index (χ1) is 9.13. The van der Waals surface area contributed by atoms with Crippen molar-refractivity contribution >= 4 is 11.9 Å². The highest BCUT2D eigenvalue weighted by Gasteiger charge is 2.22. The molecule has 4 nitrogen and oxygen atoms in total. The van der Waals surface area contributed by atoms with Crippen LogP contribution in [0.2, 0.25) is 0 Å². The number of phenols is 1. The second kappa shape index (κ2) is 4.39. The number of aromatic hydroxyl groups is 1. The van der Waals surface area contributed by atoms with Crippen molar-refractivity contribution in [3.8, 4) is 5.75 Å². The molecule has 0 aliphatic heterocycles. The van der Waals surface area contributed by atoms with Crippen molar-refractivity contribution in [2.24, 2.45) is 7.05 Å². The summed E-state index contributed by atoms with van der Waals surface area (Å²) in [6.07, 6.45) is 7.00. The Labute approximate surface area is 111 Å². The highest BCUT2D eigenvalue weighted by Crippen LogP contribution is 2.28. The first kappa shape index (κ1) is 11.7. The van der Waals surface area contributed by atoms with Gasteiger partial charge in [0.25, 0.3) is 0 Å². The molecule has 0 saturated heterocycles. The van der Waals surface area contributed by atoms with Crippen LogP contribution >= 0.6 is 0 Å².